The maximum atomic E-state index is 13.3. The topological polar surface area (TPSA) is 86.7 Å². The number of primary amides is 1. The average Bonchev–Trinajstić information content (AvgIpc) is 3.01. The van der Waals surface area contributed by atoms with E-state index in [0.29, 0.717) is 5.56 Å². The summed E-state index contributed by atoms with van der Waals surface area (Å²) in [5, 5.41) is 3.99. The van der Waals surface area contributed by atoms with Gasteiger partial charge in [-0.15, -0.1) is 0 Å². The van der Waals surface area contributed by atoms with E-state index in [1.807, 2.05) is 0 Å². The number of nitrogens with zero attached hydrogens (tertiary/aromatic N) is 4. The Morgan fingerprint density at radius 1 is 1.17 bits per heavy atom. The van der Waals surface area contributed by atoms with E-state index in [1.165, 1.54) is 24.5 Å². The minimum atomic E-state index is -4.62. The van der Waals surface area contributed by atoms with Gasteiger partial charge in [0.25, 0.3) is 5.91 Å². The second kappa shape index (κ2) is 5.76. The van der Waals surface area contributed by atoms with Crippen LogP contribution in [0, 0.1) is 0 Å². The van der Waals surface area contributed by atoms with Crippen molar-refractivity contribution in [2.45, 2.75) is 6.18 Å². The molecule has 0 aliphatic heterocycles. The predicted molar refractivity (Wildman–Crippen MR) is 78.1 cm³/mol. The van der Waals surface area contributed by atoms with E-state index >= 15 is 0 Å². The molecule has 0 radical (unpaired) electrons. The Morgan fingerprint density at radius 2 is 1.96 bits per heavy atom. The number of carbonyl (C=O) groups excluding carboxylic acids is 1. The summed E-state index contributed by atoms with van der Waals surface area (Å²) < 4.78 is 40.6. The summed E-state index contributed by atoms with van der Waals surface area (Å²) in [6.45, 7) is 0. The van der Waals surface area contributed by atoms with Gasteiger partial charge in [0, 0.05) is 18.0 Å². The molecule has 3 aromatic heterocycles. The second-order valence-electron chi connectivity index (χ2n) is 4.83. The van der Waals surface area contributed by atoms with Gasteiger partial charge in [-0.1, -0.05) is 0 Å². The molecule has 0 atom stereocenters. The predicted octanol–water partition coefficient (Wildman–Crippen LogP) is 2.45. The number of carbonyl (C=O) groups is 1. The van der Waals surface area contributed by atoms with E-state index in [1.54, 1.807) is 12.1 Å². The van der Waals surface area contributed by atoms with Crippen LogP contribution in [-0.2, 0) is 6.18 Å². The molecule has 2 N–H and O–H groups in total. The molecule has 0 saturated heterocycles. The Morgan fingerprint density at radius 3 is 2.50 bits per heavy atom. The van der Waals surface area contributed by atoms with Crippen LogP contribution in [0.4, 0.5) is 13.2 Å². The van der Waals surface area contributed by atoms with Crippen LogP contribution in [0.25, 0.3) is 16.9 Å². The van der Waals surface area contributed by atoms with Crippen molar-refractivity contribution >= 4 is 5.91 Å². The Bertz CT molecular complexity index is 872. The number of aromatic nitrogens is 4. The van der Waals surface area contributed by atoms with Gasteiger partial charge in [-0.05, 0) is 30.3 Å². The van der Waals surface area contributed by atoms with Crippen molar-refractivity contribution in [3.63, 3.8) is 0 Å². The lowest BCUT2D eigenvalue weighted by atomic mass is 10.2. The zero-order chi connectivity index (χ0) is 17.3. The van der Waals surface area contributed by atoms with Gasteiger partial charge in [0.15, 0.2) is 0 Å². The summed E-state index contributed by atoms with van der Waals surface area (Å²) in [6, 6.07) is 6.67. The fraction of sp³-hybridized carbons (Fsp3) is 0.0667. The smallest absolute Gasteiger partial charge is 0.364 e. The van der Waals surface area contributed by atoms with Gasteiger partial charge >= 0.3 is 6.18 Å². The van der Waals surface area contributed by atoms with Crippen LogP contribution in [-0.4, -0.2) is 25.7 Å². The first-order valence-corrected chi connectivity index (χ1v) is 6.70. The molecule has 0 aliphatic rings. The van der Waals surface area contributed by atoms with E-state index in [2.05, 4.69) is 15.1 Å². The van der Waals surface area contributed by atoms with Crippen molar-refractivity contribution in [3.8, 4) is 16.9 Å². The van der Waals surface area contributed by atoms with Crippen molar-refractivity contribution in [3.05, 3.63) is 60.3 Å². The highest BCUT2D eigenvalue weighted by atomic mass is 19.4. The van der Waals surface area contributed by atoms with Gasteiger partial charge in [0.05, 0.1) is 17.6 Å². The van der Waals surface area contributed by atoms with Gasteiger partial charge in [-0.25, -0.2) is 9.67 Å². The van der Waals surface area contributed by atoms with Crippen LogP contribution in [0.2, 0.25) is 0 Å². The van der Waals surface area contributed by atoms with Gasteiger partial charge in [-0.3, -0.25) is 9.78 Å². The molecular formula is C15H10F3N5O. The van der Waals surface area contributed by atoms with Gasteiger partial charge in [0.2, 0.25) is 0 Å². The van der Waals surface area contributed by atoms with Crippen molar-refractivity contribution < 1.29 is 18.0 Å². The third-order valence-corrected chi connectivity index (χ3v) is 3.20. The molecule has 1 amide bonds. The first kappa shape index (κ1) is 15.7. The first-order chi connectivity index (χ1) is 11.4. The Kier molecular flexibility index (Phi) is 3.76. The lowest BCUT2D eigenvalue weighted by molar-refractivity contribution is -0.142. The maximum Gasteiger partial charge on any atom is 0.433 e. The van der Waals surface area contributed by atoms with Crippen LogP contribution in [0.3, 0.4) is 0 Å². The quantitative estimate of drug-likeness (QED) is 0.797. The number of amides is 1. The minimum absolute atomic E-state index is 0.0491. The number of hydrogen-bond acceptors (Lipinski definition) is 4. The van der Waals surface area contributed by atoms with E-state index < -0.39 is 17.8 Å². The van der Waals surface area contributed by atoms with Crippen LogP contribution < -0.4 is 5.73 Å². The van der Waals surface area contributed by atoms with Crippen molar-refractivity contribution in [1.29, 1.82) is 0 Å². The van der Waals surface area contributed by atoms with Crippen LogP contribution >= 0.6 is 0 Å². The molecule has 0 unspecified atom stereocenters. The number of alkyl halides is 3. The van der Waals surface area contributed by atoms with Crippen molar-refractivity contribution in [1.82, 2.24) is 19.7 Å². The summed E-state index contributed by atoms with van der Waals surface area (Å²) >= 11 is 0. The highest BCUT2D eigenvalue weighted by molar-refractivity contribution is 5.90. The number of rotatable bonds is 3. The van der Waals surface area contributed by atoms with E-state index in [0.717, 1.165) is 16.9 Å². The van der Waals surface area contributed by atoms with E-state index in [4.69, 9.17) is 5.73 Å². The SMILES string of the molecule is NC(=O)c1ccc(-n2nc(-c3cccnc3)cc2C(F)(F)F)cn1. The first-order valence-electron chi connectivity index (χ1n) is 6.70. The molecule has 0 aliphatic carbocycles. The second-order valence-corrected chi connectivity index (χ2v) is 4.83. The monoisotopic (exact) mass is 333 g/mol. The van der Waals surface area contributed by atoms with Crippen molar-refractivity contribution in [2.24, 2.45) is 5.73 Å². The summed E-state index contributed by atoms with van der Waals surface area (Å²) in [4.78, 5) is 18.6. The Labute approximate surface area is 133 Å². The van der Waals surface area contributed by atoms with E-state index in [-0.39, 0.29) is 17.1 Å². The zero-order valence-corrected chi connectivity index (χ0v) is 12.0. The molecule has 9 heteroatoms. The molecule has 3 rings (SSSR count). The molecule has 0 aromatic carbocycles. The minimum Gasteiger partial charge on any atom is -0.364 e. The third kappa shape index (κ3) is 2.96. The fourth-order valence-corrected chi connectivity index (χ4v) is 2.09. The van der Waals surface area contributed by atoms with Gasteiger partial charge < -0.3 is 5.73 Å². The number of pyridine rings is 2. The molecule has 0 spiro atoms. The highest BCUT2D eigenvalue weighted by Gasteiger charge is 2.36. The van der Waals surface area contributed by atoms with Crippen LogP contribution in [0.1, 0.15) is 16.2 Å². The fourth-order valence-electron chi connectivity index (χ4n) is 2.09. The average molecular weight is 333 g/mol. The van der Waals surface area contributed by atoms with Gasteiger partial charge in [0.1, 0.15) is 11.4 Å². The molecule has 6 nitrogen and oxygen atoms in total. The molecule has 0 bridgehead atoms. The maximum absolute atomic E-state index is 13.3. The largest absolute Gasteiger partial charge is 0.433 e. The molecule has 0 saturated carbocycles. The van der Waals surface area contributed by atoms with Crippen LogP contribution in [0.15, 0.2) is 48.9 Å². The highest BCUT2D eigenvalue weighted by Crippen LogP contribution is 2.33. The molecule has 3 heterocycles. The lowest BCUT2D eigenvalue weighted by Crippen LogP contribution is -2.15. The molecule has 3 aromatic rings. The number of hydrogen-bond donors (Lipinski definition) is 1. The Balaban J connectivity index is 2.12. The number of halogens is 3. The van der Waals surface area contributed by atoms with Crippen molar-refractivity contribution in [2.75, 3.05) is 0 Å². The summed E-state index contributed by atoms with van der Waals surface area (Å²) in [6.07, 6.45) is -0.579. The standard InChI is InChI=1S/C15H10F3N5O/c16-15(17,18)13-6-12(9-2-1-5-20-7-9)22-23(13)10-3-4-11(14(19)24)21-8-10/h1-8H,(H2,19,24). The third-order valence-electron chi connectivity index (χ3n) is 3.20. The molecule has 122 valence electrons. The summed E-state index contributed by atoms with van der Waals surface area (Å²) in [5.41, 5.74) is 4.68. The van der Waals surface area contributed by atoms with Gasteiger partial charge in [-0.2, -0.15) is 18.3 Å². The summed E-state index contributed by atoms with van der Waals surface area (Å²) in [5.74, 6) is -0.769. The van der Waals surface area contributed by atoms with E-state index in [9.17, 15) is 18.0 Å². The Hall–Kier alpha value is -3.23. The summed E-state index contributed by atoms with van der Waals surface area (Å²) in [7, 11) is 0. The zero-order valence-electron chi connectivity index (χ0n) is 12.0. The van der Waals surface area contributed by atoms with Crippen LogP contribution in [0.5, 0.6) is 0 Å². The lowest BCUT2D eigenvalue weighted by Gasteiger charge is -2.09. The number of nitrogens with two attached hydrogens (primary N) is 1. The molecule has 24 heavy (non-hydrogen) atoms. The molecule has 0 fully saturated rings. The normalized spacial score (nSPS) is 11.5. The molecular weight excluding hydrogens is 323 g/mol.